The lowest BCUT2D eigenvalue weighted by atomic mass is 9.97. The Balaban J connectivity index is 2.09. The average Bonchev–Trinajstić information content (AvgIpc) is 2.41. The van der Waals surface area contributed by atoms with Crippen molar-refractivity contribution in [2.45, 2.75) is 45.1 Å². The molecular formula is C15H19FN2O2. The molecule has 1 aliphatic heterocycles. The number of rotatable bonds is 4. The van der Waals surface area contributed by atoms with Crippen LogP contribution in [-0.4, -0.2) is 17.9 Å². The van der Waals surface area contributed by atoms with Gasteiger partial charge in [0, 0.05) is 12.1 Å². The fraction of sp³-hybridized carbons (Fsp3) is 0.467. The van der Waals surface area contributed by atoms with E-state index in [9.17, 15) is 14.0 Å². The van der Waals surface area contributed by atoms with Gasteiger partial charge < -0.3 is 5.32 Å². The van der Waals surface area contributed by atoms with Crippen LogP contribution in [0.4, 0.5) is 10.1 Å². The highest BCUT2D eigenvalue weighted by atomic mass is 19.1. The molecule has 0 aliphatic carbocycles. The summed E-state index contributed by atoms with van der Waals surface area (Å²) in [7, 11) is 0. The van der Waals surface area contributed by atoms with Gasteiger partial charge in [0.1, 0.15) is 11.9 Å². The molecule has 1 heterocycles. The van der Waals surface area contributed by atoms with Crippen LogP contribution in [0.25, 0.3) is 0 Å². The predicted octanol–water partition coefficient (Wildman–Crippen LogP) is 2.56. The zero-order chi connectivity index (χ0) is 14.7. The standard InChI is InChI=1S/C15H19FN2O2/c1-3-9(2)11-5-4-10(8-12(11)16)17-13-6-7-14(19)18-15(13)20/h4-5,8-9,13,17H,3,6-7H2,1-2H3,(H,18,19,20)/t9?,13-/m1/s1. The molecule has 1 saturated heterocycles. The quantitative estimate of drug-likeness (QED) is 0.832. The van der Waals surface area contributed by atoms with Gasteiger partial charge in [-0.3, -0.25) is 14.9 Å². The summed E-state index contributed by atoms with van der Waals surface area (Å²) in [6.45, 7) is 3.99. The number of carbonyl (C=O) groups excluding carboxylic acids is 2. The van der Waals surface area contributed by atoms with E-state index in [0.29, 0.717) is 24.1 Å². The third kappa shape index (κ3) is 3.15. The Kier molecular flexibility index (Phi) is 4.37. The minimum atomic E-state index is -0.485. The van der Waals surface area contributed by atoms with Crippen molar-refractivity contribution in [2.24, 2.45) is 0 Å². The first-order valence-corrected chi connectivity index (χ1v) is 6.91. The molecule has 108 valence electrons. The minimum Gasteiger partial charge on any atom is -0.374 e. The summed E-state index contributed by atoms with van der Waals surface area (Å²) in [5.41, 5.74) is 1.24. The van der Waals surface area contributed by atoms with Crippen molar-refractivity contribution < 1.29 is 14.0 Å². The van der Waals surface area contributed by atoms with Crippen LogP contribution in [-0.2, 0) is 9.59 Å². The molecule has 0 spiro atoms. The van der Waals surface area contributed by atoms with E-state index in [1.165, 1.54) is 6.07 Å². The summed E-state index contributed by atoms with van der Waals surface area (Å²) in [6, 6.07) is 4.44. The Morgan fingerprint density at radius 1 is 1.45 bits per heavy atom. The summed E-state index contributed by atoms with van der Waals surface area (Å²) in [6.07, 6.45) is 1.60. The van der Waals surface area contributed by atoms with Crippen molar-refractivity contribution in [3.63, 3.8) is 0 Å². The zero-order valence-corrected chi connectivity index (χ0v) is 11.7. The summed E-state index contributed by atoms with van der Waals surface area (Å²) in [4.78, 5) is 22.7. The molecule has 20 heavy (non-hydrogen) atoms. The van der Waals surface area contributed by atoms with Gasteiger partial charge in [-0.1, -0.05) is 19.9 Å². The SMILES string of the molecule is CCC(C)c1ccc(N[C@@H]2CCC(=O)NC2=O)cc1F. The van der Waals surface area contributed by atoms with Crippen LogP contribution in [0, 0.1) is 5.82 Å². The van der Waals surface area contributed by atoms with Gasteiger partial charge in [-0.15, -0.1) is 0 Å². The normalized spacial score (nSPS) is 20.4. The number of nitrogens with one attached hydrogen (secondary N) is 2. The van der Waals surface area contributed by atoms with E-state index < -0.39 is 6.04 Å². The Morgan fingerprint density at radius 2 is 2.20 bits per heavy atom. The van der Waals surface area contributed by atoms with Crippen LogP contribution >= 0.6 is 0 Å². The monoisotopic (exact) mass is 278 g/mol. The lowest BCUT2D eigenvalue weighted by Gasteiger charge is -2.23. The first-order valence-electron chi connectivity index (χ1n) is 6.91. The van der Waals surface area contributed by atoms with Gasteiger partial charge in [0.25, 0.3) is 0 Å². The number of carbonyl (C=O) groups is 2. The van der Waals surface area contributed by atoms with Gasteiger partial charge in [-0.2, -0.15) is 0 Å². The van der Waals surface area contributed by atoms with Crippen molar-refractivity contribution >= 4 is 17.5 Å². The van der Waals surface area contributed by atoms with Gasteiger partial charge in [0.15, 0.2) is 0 Å². The van der Waals surface area contributed by atoms with Crippen LogP contribution < -0.4 is 10.6 Å². The molecule has 1 aromatic rings. The Labute approximate surface area is 117 Å². The van der Waals surface area contributed by atoms with Gasteiger partial charge in [0.2, 0.25) is 11.8 Å². The fourth-order valence-corrected chi connectivity index (χ4v) is 2.27. The number of benzene rings is 1. The van der Waals surface area contributed by atoms with E-state index in [2.05, 4.69) is 10.6 Å². The van der Waals surface area contributed by atoms with E-state index >= 15 is 0 Å². The van der Waals surface area contributed by atoms with Crippen LogP contribution in [0.15, 0.2) is 18.2 Å². The topological polar surface area (TPSA) is 58.2 Å². The predicted molar refractivity (Wildman–Crippen MR) is 74.9 cm³/mol. The van der Waals surface area contributed by atoms with E-state index in [1.54, 1.807) is 12.1 Å². The molecule has 5 heteroatoms. The molecule has 2 atom stereocenters. The molecule has 2 N–H and O–H groups in total. The lowest BCUT2D eigenvalue weighted by molar-refractivity contribution is -0.133. The Morgan fingerprint density at radius 3 is 2.80 bits per heavy atom. The number of halogens is 1. The summed E-state index contributed by atoms with van der Waals surface area (Å²) in [5, 5.41) is 5.24. The van der Waals surface area contributed by atoms with E-state index in [4.69, 9.17) is 0 Å². The lowest BCUT2D eigenvalue weighted by Crippen LogP contribution is -2.47. The molecule has 1 aromatic carbocycles. The highest BCUT2D eigenvalue weighted by Crippen LogP contribution is 2.25. The molecule has 1 fully saturated rings. The Bertz CT molecular complexity index is 531. The average molecular weight is 278 g/mol. The van der Waals surface area contributed by atoms with E-state index in [0.717, 1.165) is 6.42 Å². The van der Waals surface area contributed by atoms with Gasteiger partial charge >= 0.3 is 0 Å². The van der Waals surface area contributed by atoms with Crippen LogP contribution in [0.2, 0.25) is 0 Å². The summed E-state index contributed by atoms with van der Waals surface area (Å²) >= 11 is 0. The molecule has 2 rings (SSSR count). The van der Waals surface area contributed by atoms with E-state index in [1.807, 2.05) is 13.8 Å². The molecule has 0 radical (unpaired) electrons. The maximum atomic E-state index is 14.0. The van der Waals surface area contributed by atoms with Gasteiger partial charge in [-0.25, -0.2) is 4.39 Å². The Hall–Kier alpha value is -1.91. The third-order valence-corrected chi connectivity index (χ3v) is 3.72. The number of imide groups is 1. The highest BCUT2D eigenvalue weighted by Gasteiger charge is 2.26. The van der Waals surface area contributed by atoms with Crippen molar-refractivity contribution in [2.75, 3.05) is 5.32 Å². The van der Waals surface area contributed by atoms with E-state index in [-0.39, 0.29) is 23.5 Å². The first-order chi connectivity index (χ1) is 9.51. The highest BCUT2D eigenvalue weighted by molar-refractivity contribution is 6.01. The van der Waals surface area contributed by atoms with Crippen LogP contribution in [0.1, 0.15) is 44.6 Å². The van der Waals surface area contributed by atoms with Crippen LogP contribution in [0.3, 0.4) is 0 Å². The second-order valence-electron chi connectivity index (χ2n) is 5.19. The van der Waals surface area contributed by atoms with Crippen molar-refractivity contribution in [1.82, 2.24) is 5.32 Å². The molecule has 1 unspecified atom stereocenters. The van der Waals surface area contributed by atoms with Crippen molar-refractivity contribution in [3.05, 3.63) is 29.6 Å². The smallest absolute Gasteiger partial charge is 0.249 e. The van der Waals surface area contributed by atoms with Crippen molar-refractivity contribution in [1.29, 1.82) is 0 Å². The van der Waals surface area contributed by atoms with Gasteiger partial charge in [-0.05, 0) is 36.5 Å². The maximum Gasteiger partial charge on any atom is 0.249 e. The second kappa shape index (κ2) is 6.03. The van der Waals surface area contributed by atoms with Gasteiger partial charge in [0.05, 0.1) is 0 Å². The number of piperidine rings is 1. The summed E-state index contributed by atoms with van der Waals surface area (Å²) in [5.74, 6) is -0.713. The molecule has 0 aromatic heterocycles. The summed E-state index contributed by atoms with van der Waals surface area (Å²) < 4.78 is 14.0. The molecular weight excluding hydrogens is 259 g/mol. The number of amides is 2. The second-order valence-corrected chi connectivity index (χ2v) is 5.19. The van der Waals surface area contributed by atoms with Crippen molar-refractivity contribution in [3.8, 4) is 0 Å². The number of hydrogen-bond donors (Lipinski definition) is 2. The minimum absolute atomic E-state index is 0.166. The number of hydrogen-bond acceptors (Lipinski definition) is 3. The zero-order valence-electron chi connectivity index (χ0n) is 11.7. The largest absolute Gasteiger partial charge is 0.374 e. The molecule has 4 nitrogen and oxygen atoms in total. The number of anilines is 1. The molecule has 0 bridgehead atoms. The molecule has 1 aliphatic rings. The molecule has 0 saturated carbocycles. The molecule has 2 amide bonds. The van der Waals surface area contributed by atoms with Crippen LogP contribution in [0.5, 0.6) is 0 Å². The first kappa shape index (κ1) is 14.5. The maximum absolute atomic E-state index is 14.0. The fourth-order valence-electron chi connectivity index (χ4n) is 2.27. The third-order valence-electron chi connectivity index (χ3n) is 3.72.